The van der Waals surface area contributed by atoms with Crippen molar-refractivity contribution in [3.05, 3.63) is 35.9 Å². The third kappa shape index (κ3) is 31.9. The van der Waals surface area contributed by atoms with Crippen molar-refractivity contribution in [1.29, 1.82) is 0 Å². The number of ether oxygens (including phenoxy) is 10. The van der Waals surface area contributed by atoms with Crippen LogP contribution in [-0.4, -0.2) is 137 Å². The summed E-state index contributed by atoms with van der Waals surface area (Å²) in [6.07, 6.45) is 11.5. The van der Waals surface area contributed by atoms with Crippen molar-refractivity contribution in [2.75, 3.05) is 119 Å². The number of ketones is 1. The van der Waals surface area contributed by atoms with Gasteiger partial charge in [0.05, 0.1) is 106 Å². The number of unbranched alkanes of at least 4 members (excludes halogenated alkanes) is 8. The fourth-order valence-electron chi connectivity index (χ4n) is 4.47. The molecule has 13 nitrogen and oxygen atoms in total. The van der Waals surface area contributed by atoms with Crippen molar-refractivity contribution in [2.45, 2.75) is 71.1 Å². The summed E-state index contributed by atoms with van der Waals surface area (Å²) in [5, 5.41) is 0. The standard InChI is InChI=1S/C38H64O13/c1-2-3-4-5-6-7-8-9-13-16-36(39)50-33-31-48-29-27-46-25-23-44-21-19-42-17-18-43-20-22-45-24-26-47-28-30-49-32-34-51-38(41)37(40)35-14-11-10-12-15-35/h10-12,14-15H,2-9,13,16-34H2,1H3. The van der Waals surface area contributed by atoms with Crippen LogP contribution in [0.3, 0.4) is 0 Å². The number of hydrogen-bond donors (Lipinski definition) is 0. The van der Waals surface area contributed by atoms with Gasteiger partial charge in [-0.1, -0.05) is 88.6 Å². The molecule has 51 heavy (non-hydrogen) atoms. The zero-order valence-corrected chi connectivity index (χ0v) is 31.0. The van der Waals surface area contributed by atoms with Crippen LogP contribution in [0.2, 0.25) is 0 Å². The molecule has 0 amide bonds. The molecule has 13 heteroatoms. The Morgan fingerprint density at radius 3 is 1.14 bits per heavy atom. The molecule has 0 aromatic heterocycles. The van der Waals surface area contributed by atoms with Gasteiger partial charge in [-0.25, -0.2) is 4.79 Å². The lowest BCUT2D eigenvalue weighted by atomic mass is 10.1. The molecule has 0 fully saturated rings. The van der Waals surface area contributed by atoms with Crippen molar-refractivity contribution in [1.82, 2.24) is 0 Å². The van der Waals surface area contributed by atoms with Gasteiger partial charge in [-0.05, 0) is 6.42 Å². The maximum Gasteiger partial charge on any atom is 0.379 e. The minimum absolute atomic E-state index is 0.00460. The van der Waals surface area contributed by atoms with Crippen molar-refractivity contribution in [2.24, 2.45) is 0 Å². The highest BCUT2D eigenvalue weighted by Gasteiger charge is 2.17. The summed E-state index contributed by atoms with van der Waals surface area (Å²) in [6, 6.07) is 8.26. The van der Waals surface area contributed by atoms with E-state index < -0.39 is 11.8 Å². The zero-order chi connectivity index (χ0) is 36.7. The lowest BCUT2D eigenvalue weighted by Crippen LogP contribution is -2.20. The van der Waals surface area contributed by atoms with Crippen LogP contribution in [0.15, 0.2) is 30.3 Å². The van der Waals surface area contributed by atoms with E-state index >= 15 is 0 Å². The summed E-state index contributed by atoms with van der Waals surface area (Å²) in [5.74, 6) is -1.72. The number of hydrogen-bond acceptors (Lipinski definition) is 13. The summed E-state index contributed by atoms with van der Waals surface area (Å²) in [5.41, 5.74) is 0.294. The Labute approximate surface area is 305 Å². The van der Waals surface area contributed by atoms with Gasteiger partial charge in [-0.3, -0.25) is 9.59 Å². The van der Waals surface area contributed by atoms with E-state index in [1.54, 1.807) is 30.3 Å². The summed E-state index contributed by atoms with van der Waals surface area (Å²) in [4.78, 5) is 35.4. The molecule has 0 saturated heterocycles. The Kier molecular flexibility index (Phi) is 34.0. The maximum absolute atomic E-state index is 11.9. The number of rotatable bonds is 39. The van der Waals surface area contributed by atoms with E-state index in [4.69, 9.17) is 47.4 Å². The predicted molar refractivity (Wildman–Crippen MR) is 191 cm³/mol. The van der Waals surface area contributed by atoms with E-state index in [0.717, 1.165) is 12.8 Å². The molecule has 0 atom stereocenters. The zero-order valence-electron chi connectivity index (χ0n) is 31.0. The molecule has 1 rings (SSSR count). The second kappa shape index (κ2) is 37.3. The first kappa shape index (κ1) is 46.5. The fraction of sp³-hybridized carbons (Fsp3) is 0.763. The van der Waals surface area contributed by atoms with E-state index in [2.05, 4.69) is 6.92 Å². The van der Waals surface area contributed by atoms with Crippen molar-refractivity contribution in [3.63, 3.8) is 0 Å². The predicted octanol–water partition coefficient (Wildman–Crippen LogP) is 5.01. The van der Waals surface area contributed by atoms with E-state index in [1.165, 1.54) is 44.9 Å². The molecule has 1 aromatic carbocycles. The van der Waals surface area contributed by atoms with E-state index in [1.807, 2.05) is 0 Å². The number of benzene rings is 1. The monoisotopic (exact) mass is 728 g/mol. The number of esters is 2. The van der Waals surface area contributed by atoms with Crippen molar-refractivity contribution < 1.29 is 61.8 Å². The second-order valence-corrected chi connectivity index (χ2v) is 11.5. The van der Waals surface area contributed by atoms with Crippen LogP contribution in [0.1, 0.15) is 81.5 Å². The SMILES string of the molecule is CCCCCCCCCCCC(=O)OCCOCCOCCOCCOCCOCCOCCOCCOCCOC(=O)C(=O)c1ccccc1. The highest BCUT2D eigenvalue weighted by Crippen LogP contribution is 2.10. The quantitative estimate of drug-likeness (QED) is 0.0388. The summed E-state index contributed by atoms with van der Waals surface area (Å²) < 4.78 is 53.6. The normalized spacial score (nSPS) is 11.2. The first-order valence-corrected chi connectivity index (χ1v) is 18.7. The molecule has 0 aliphatic heterocycles. The van der Waals surface area contributed by atoms with Gasteiger partial charge in [0.25, 0.3) is 5.78 Å². The fourth-order valence-corrected chi connectivity index (χ4v) is 4.47. The molecule has 0 aliphatic carbocycles. The second-order valence-electron chi connectivity index (χ2n) is 11.5. The van der Waals surface area contributed by atoms with Gasteiger partial charge in [-0.2, -0.15) is 0 Å². The molecular formula is C38H64O13. The Balaban J connectivity index is 1.68. The lowest BCUT2D eigenvalue weighted by molar-refractivity contribution is -0.145. The van der Waals surface area contributed by atoms with Crippen LogP contribution in [0, 0.1) is 0 Å². The van der Waals surface area contributed by atoms with Gasteiger partial charge in [0, 0.05) is 12.0 Å². The minimum atomic E-state index is -0.898. The molecule has 0 spiro atoms. The molecule has 0 heterocycles. The molecule has 0 unspecified atom stereocenters. The molecule has 1 aromatic rings. The van der Waals surface area contributed by atoms with Gasteiger partial charge >= 0.3 is 11.9 Å². The number of carbonyl (C=O) groups is 3. The van der Waals surface area contributed by atoms with Crippen LogP contribution < -0.4 is 0 Å². The molecule has 294 valence electrons. The van der Waals surface area contributed by atoms with Crippen LogP contribution in [0.25, 0.3) is 0 Å². The molecule has 0 N–H and O–H groups in total. The number of Topliss-reactive ketones (excluding diaryl/α,β-unsaturated/α-hetero) is 1. The van der Waals surface area contributed by atoms with Crippen LogP contribution in [0.5, 0.6) is 0 Å². The van der Waals surface area contributed by atoms with E-state index in [-0.39, 0.29) is 25.8 Å². The Hall–Kier alpha value is -2.49. The van der Waals surface area contributed by atoms with E-state index in [9.17, 15) is 14.4 Å². The molecule has 0 aliphatic rings. The van der Waals surface area contributed by atoms with Crippen LogP contribution in [0.4, 0.5) is 0 Å². The highest BCUT2D eigenvalue weighted by atomic mass is 16.6. The highest BCUT2D eigenvalue weighted by molar-refractivity contribution is 6.40. The van der Waals surface area contributed by atoms with Gasteiger partial charge in [0.2, 0.25) is 0 Å². The topological polar surface area (TPSA) is 144 Å². The van der Waals surface area contributed by atoms with Gasteiger partial charge in [0.15, 0.2) is 0 Å². The minimum Gasteiger partial charge on any atom is -0.463 e. The lowest BCUT2D eigenvalue weighted by Gasteiger charge is -2.09. The largest absolute Gasteiger partial charge is 0.463 e. The van der Waals surface area contributed by atoms with Gasteiger partial charge < -0.3 is 47.4 Å². The third-order valence-corrected chi connectivity index (χ3v) is 7.26. The van der Waals surface area contributed by atoms with Crippen LogP contribution in [-0.2, 0) is 57.0 Å². The Bertz CT molecular complexity index is 932. The smallest absolute Gasteiger partial charge is 0.379 e. The first-order valence-electron chi connectivity index (χ1n) is 18.7. The van der Waals surface area contributed by atoms with Crippen molar-refractivity contribution in [3.8, 4) is 0 Å². The van der Waals surface area contributed by atoms with Gasteiger partial charge in [0.1, 0.15) is 13.2 Å². The average molecular weight is 729 g/mol. The van der Waals surface area contributed by atoms with Gasteiger partial charge in [-0.15, -0.1) is 0 Å². The molecular weight excluding hydrogens is 664 g/mol. The molecule has 0 bridgehead atoms. The average Bonchev–Trinajstić information content (AvgIpc) is 3.15. The summed E-state index contributed by atoms with van der Waals surface area (Å²) in [6.45, 7) is 9.26. The van der Waals surface area contributed by atoms with Crippen molar-refractivity contribution >= 4 is 17.7 Å². The Morgan fingerprint density at radius 2 is 0.745 bits per heavy atom. The third-order valence-electron chi connectivity index (χ3n) is 7.26. The summed E-state index contributed by atoms with van der Waals surface area (Å²) in [7, 11) is 0. The molecule has 0 radical (unpaired) electrons. The Morgan fingerprint density at radius 1 is 0.412 bits per heavy atom. The summed E-state index contributed by atoms with van der Waals surface area (Å²) >= 11 is 0. The molecule has 0 saturated carbocycles. The first-order chi connectivity index (χ1) is 25.1. The van der Waals surface area contributed by atoms with E-state index in [0.29, 0.717) is 111 Å². The van der Waals surface area contributed by atoms with Crippen LogP contribution >= 0.6 is 0 Å². The number of carbonyl (C=O) groups excluding carboxylic acids is 3. The maximum atomic E-state index is 11.9.